The Hall–Kier alpha value is -0.940. The van der Waals surface area contributed by atoms with E-state index in [1.54, 1.807) is 0 Å². The average Bonchev–Trinajstić information content (AvgIpc) is 2.93. The molecule has 0 radical (unpaired) electrons. The summed E-state index contributed by atoms with van der Waals surface area (Å²) in [5, 5.41) is 11.8. The molecule has 106 valence electrons. The first kappa shape index (κ1) is 13.1. The third kappa shape index (κ3) is 2.82. The highest BCUT2D eigenvalue weighted by Crippen LogP contribution is 2.31. The van der Waals surface area contributed by atoms with Crippen LogP contribution in [0.25, 0.3) is 0 Å². The fourth-order valence-electron chi connectivity index (χ4n) is 3.53. The lowest BCUT2D eigenvalue weighted by Gasteiger charge is -2.39. The molecule has 2 heterocycles. The van der Waals surface area contributed by atoms with Gasteiger partial charge in [0, 0.05) is 25.2 Å². The van der Waals surface area contributed by atoms with Crippen molar-refractivity contribution in [2.45, 2.75) is 57.2 Å². The SMILES string of the molecule is CNC1(CCN2CCn3cnnc3C2)CCCCC1. The van der Waals surface area contributed by atoms with Crippen molar-refractivity contribution in [1.82, 2.24) is 25.0 Å². The highest BCUT2D eigenvalue weighted by atomic mass is 15.3. The van der Waals surface area contributed by atoms with Crippen LogP contribution in [0.4, 0.5) is 0 Å². The fraction of sp³-hybridized carbons (Fsp3) is 0.857. The Morgan fingerprint density at radius 1 is 1.26 bits per heavy atom. The fourth-order valence-corrected chi connectivity index (χ4v) is 3.53. The molecule has 1 aliphatic heterocycles. The topological polar surface area (TPSA) is 46.0 Å². The lowest BCUT2D eigenvalue weighted by Crippen LogP contribution is -2.47. The minimum atomic E-state index is 0.392. The lowest BCUT2D eigenvalue weighted by molar-refractivity contribution is 0.160. The Bertz CT molecular complexity index is 408. The van der Waals surface area contributed by atoms with E-state index < -0.39 is 0 Å². The van der Waals surface area contributed by atoms with Crippen molar-refractivity contribution in [3.05, 3.63) is 12.2 Å². The molecule has 0 unspecified atom stereocenters. The summed E-state index contributed by atoms with van der Waals surface area (Å²) in [6.45, 7) is 4.30. The lowest BCUT2D eigenvalue weighted by atomic mass is 9.79. The molecule has 0 atom stereocenters. The van der Waals surface area contributed by atoms with Gasteiger partial charge in [0.15, 0.2) is 0 Å². The zero-order chi connectivity index (χ0) is 13.1. The Balaban J connectivity index is 1.55. The van der Waals surface area contributed by atoms with Crippen LogP contribution in [0.5, 0.6) is 0 Å². The van der Waals surface area contributed by atoms with Crippen molar-refractivity contribution in [2.75, 3.05) is 20.1 Å². The molecule has 3 rings (SSSR count). The zero-order valence-corrected chi connectivity index (χ0v) is 11.9. The number of aromatic nitrogens is 3. The van der Waals surface area contributed by atoms with Gasteiger partial charge in [0.2, 0.25) is 0 Å². The van der Waals surface area contributed by atoms with Crippen LogP contribution < -0.4 is 5.32 Å². The first-order chi connectivity index (χ1) is 9.31. The van der Waals surface area contributed by atoms with Gasteiger partial charge in [-0.2, -0.15) is 0 Å². The molecule has 1 aromatic rings. The molecule has 0 amide bonds. The predicted octanol–water partition coefficient (Wildman–Crippen LogP) is 1.41. The van der Waals surface area contributed by atoms with Crippen molar-refractivity contribution in [1.29, 1.82) is 0 Å². The number of nitrogens with one attached hydrogen (secondary N) is 1. The zero-order valence-electron chi connectivity index (χ0n) is 11.9. The van der Waals surface area contributed by atoms with E-state index in [-0.39, 0.29) is 0 Å². The van der Waals surface area contributed by atoms with E-state index in [9.17, 15) is 0 Å². The van der Waals surface area contributed by atoms with Crippen LogP contribution in [0.15, 0.2) is 6.33 Å². The van der Waals surface area contributed by atoms with Crippen LogP contribution in [0.2, 0.25) is 0 Å². The quantitative estimate of drug-likeness (QED) is 0.892. The summed E-state index contributed by atoms with van der Waals surface area (Å²) in [4.78, 5) is 2.53. The Morgan fingerprint density at radius 3 is 2.89 bits per heavy atom. The van der Waals surface area contributed by atoms with Gasteiger partial charge in [-0.05, 0) is 26.3 Å². The maximum atomic E-state index is 4.19. The van der Waals surface area contributed by atoms with E-state index in [2.05, 4.69) is 32.0 Å². The second-order valence-electron chi connectivity index (χ2n) is 6.06. The van der Waals surface area contributed by atoms with Crippen LogP contribution >= 0.6 is 0 Å². The summed E-state index contributed by atoms with van der Waals surface area (Å²) in [6, 6.07) is 0. The summed E-state index contributed by atoms with van der Waals surface area (Å²) in [6.07, 6.45) is 9.97. The standard InChI is InChI=1S/C14H25N5/c1-15-14(5-3-2-4-6-14)7-8-18-9-10-19-12-16-17-13(19)11-18/h12,15H,2-11H2,1H3. The first-order valence-electron chi connectivity index (χ1n) is 7.59. The number of hydrogen-bond donors (Lipinski definition) is 1. The second kappa shape index (κ2) is 5.59. The van der Waals surface area contributed by atoms with Gasteiger partial charge in [0.1, 0.15) is 12.2 Å². The Morgan fingerprint density at radius 2 is 2.11 bits per heavy atom. The van der Waals surface area contributed by atoms with Gasteiger partial charge in [-0.3, -0.25) is 4.90 Å². The summed E-state index contributed by atoms with van der Waals surface area (Å²) >= 11 is 0. The van der Waals surface area contributed by atoms with E-state index >= 15 is 0 Å². The molecule has 0 spiro atoms. The van der Waals surface area contributed by atoms with Crippen molar-refractivity contribution >= 4 is 0 Å². The van der Waals surface area contributed by atoms with E-state index in [0.29, 0.717) is 5.54 Å². The van der Waals surface area contributed by atoms with E-state index in [0.717, 1.165) is 25.5 Å². The molecule has 1 N–H and O–H groups in total. The highest BCUT2D eigenvalue weighted by Gasteiger charge is 2.30. The van der Waals surface area contributed by atoms with E-state index in [4.69, 9.17) is 0 Å². The molecule has 0 bridgehead atoms. The largest absolute Gasteiger partial charge is 0.315 e. The van der Waals surface area contributed by atoms with Crippen molar-refractivity contribution in [2.24, 2.45) is 0 Å². The van der Waals surface area contributed by atoms with Crippen LogP contribution in [-0.4, -0.2) is 45.3 Å². The summed E-state index contributed by atoms with van der Waals surface area (Å²) < 4.78 is 2.17. The molecule has 5 nitrogen and oxygen atoms in total. The van der Waals surface area contributed by atoms with Gasteiger partial charge < -0.3 is 9.88 Å². The molecule has 1 aromatic heterocycles. The minimum Gasteiger partial charge on any atom is -0.315 e. The molecule has 0 saturated heterocycles. The van der Waals surface area contributed by atoms with E-state index in [1.807, 2.05) is 6.33 Å². The minimum absolute atomic E-state index is 0.392. The normalized spacial score (nSPS) is 23.2. The molecule has 2 aliphatic rings. The maximum absolute atomic E-state index is 4.19. The number of nitrogens with zero attached hydrogens (tertiary/aromatic N) is 4. The molecule has 0 aromatic carbocycles. The average molecular weight is 263 g/mol. The van der Waals surface area contributed by atoms with Crippen LogP contribution in [-0.2, 0) is 13.1 Å². The maximum Gasteiger partial charge on any atom is 0.147 e. The smallest absolute Gasteiger partial charge is 0.147 e. The predicted molar refractivity (Wildman–Crippen MR) is 74.8 cm³/mol. The van der Waals surface area contributed by atoms with Gasteiger partial charge in [-0.15, -0.1) is 10.2 Å². The molecular formula is C14H25N5. The van der Waals surface area contributed by atoms with Crippen LogP contribution in [0, 0.1) is 0 Å². The molecule has 5 heteroatoms. The van der Waals surface area contributed by atoms with Crippen LogP contribution in [0.3, 0.4) is 0 Å². The van der Waals surface area contributed by atoms with E-state index in [1.165, 1.54) is 45.1 Å². The van der Waals surface area contributed by atoms with Crippen molar-refractivity contribution < 1.29 is 0 Å². The molecular weight excluding hydrogens is 238 g/mol. The Labute approximate surface area is 115 Å². The van der Waals surface area contributed by atoms with Gasteiger partial charge >= 0.3 is 0 Å². The molecule has 19 heavy (non-hydrogen) atoms. The highest BCUT2D eigenvalue weighted by molar-refractivity contribution is 4.93. The van der Waals surface area contributed by atoms with Gasteiger partial charge in [0.05, 0.1) is 6.54 Å². The first-order valence-corrected chi connectivity index (χ1v) is 7.59. The summed E-state index contributed by atoms with van der Waals surface area (Å²) in [5.74, 6) is 1.12. The number of rotatable bonds is 4. The number of fused-ring (bicyclic) bond motifs is 1. The third-order valence-corrected chi connectivity index (χ3v) is 4.97. The van der Waals surface area contributed by atoms with Crippen molar-refractivity contribution in [3.8, 4) is 0 Å². The van der Waals surface area contributed by atoms with Crippen molar-refractivity contribution in [3.63, 3.8) is 0 Å². The summed E-state index contributed by atoms with van der Waals surface area (Å²) in [5.41, 5.74) is 0.392. The molecule has 1 aliphatic carbocycles. The van der Waals surface area contributed by atoms with Gasteiger partial charge in [-0.1, -0.05) is 19.3 Å². The number of hydrogen-bond acceptors (Lipinski definition) is 4. The Kier molecular flexibility index (Phi) is 3.84. The third-order valence-electron chi connectivity index (χ3n) is 4.97. The summed E-state index contributed by atoms with van der Waals surface area (Å²) in [7, 11) is 2.14. The molecule has 1 saturated carbocycles. The van der Waals surface area contributed by atoms with Gasteiger partial charge in [0.25, 0.3) is 0 Å². The molecule has 1 fully saturated rings. The monoisotopic (exact) mass is 263 g/mol. The second-order valence-corrected chi connectivity index (χ2v) is 6.06. The van der Waals surface area contributed by atoms with Gasteiger partial charge in [-0.25, -0.2) is 0 Å². The van der Waals surface area contributed by atoms with Crippen LogP contribution in [0.1, 0.15) is 44.3 Å².